The van der Waals surface area contributed by atoms with Crippen LogP contribution in [0.1, 0.15) is 41.1 Å². The molecule has 0 amide bonds. The molecule has 2 aromatic rings. The lowest BCUT2D eigenvalue weighted by Gasteiger charge is -2.20. The van der Waals surface area contributed by atoms with E-state index in [2.05, 4.69) is 17.6 Å². The highest BCUT2D eigenvalue weighted by Gasteiger charge is 2.17. The Morgan fingerprint density at radius 1 is 1.14 bits per heavy atom. The summed E-state index contributed by atoms with van der Waals surface area (Å²) in [6.07, 6.45) is 2.75. The van der Waals surface area contributed by atoms with Crippen LogP contribution in [-0.4, -0.2) is 0 Å². The average molecular weight is 286 g/mol. The molecule has 3 heteroatoms. The van der Waals surface area contributed by atoms with E-state index in [4.69, 9.17) is 5.84 Å². The normalized spacial score (nSPS) is 12.4. The van der Waals surface area contributed by atoms with E-state index in [0.29, 0.717) is 5.56 Å². The number of rotatable bonds is 6. The van der Waals surface area contributed by atoms with Gasteiger partial charge in [-0.05, 0) is 55.9 Å². The zero-order chi connectivity index (χ0) is 15.2. The van der Waals surface area contributed by atoms with E-state index in [-0.39, 0.29) is 11.9 Å². The summed E-state index contributed by atoms with van der Waals surface area (Å²) in [6, 6.07) is 13.7. The van der Waals surface area contributed by atoms with Gasteiger partial charge < -0.3 is 0 Å². The Morgan fingerprint density at radius 2 is 1.86 bits per heavy atom. The van der Waals surface area contributed by atoms with E-state index in [1.165, 1.54) is 5.56 Å². The van der Waals surface area contributed by atoms with Crippen molar-refractivity contribution in [1.29, 1.82) is 0 Å². The molecule has 0 aliphatic rings. The molecule has 1 atom stereocenters. The summed E-state index contributed by atoms with van der Waals surface area (Å²) in [5.41, 5.74) is 6.65. The molecule has 0 saturated heterocycles. The third-order valence-electron chi connectivity index (χ3n) is 3.83. The van der Waals surface area contributed by atoms with Crippen LogP contribution in [0.25, 0.3) is 0 Å². The first-order chi connectivity index (χ1) is 10.1. The molecule has 0 fully saturated rings. The molecule has 0 aliphatic heterocycles. The lowest BCUT2D eigenvalue weighted by Crippen LogP contribution is -2.29. The number of hydrogen-bond donors (Lipinski definition) is 2. The quantitative estimate of drug-likeness (QED) is 0.623. The van der Waals surface area contributed by atoms with Crippen LogP contribution >= 0.6 is 0 Å². The van der Waals surface area contributed by atoms with Crippen molar-refractivity contribution < 1.29 is 4.39 Å². The first kappa shape index (κ1) is 15.7. The molecule has 2 nitrogen and oxygen atoms in total. The van der Waals surface area contributed by atoms with E-state index >= 15 is 0 Å². The predicted octanol–water partition coefficient (Wildman–Crippen LogP) is 3.97. The van der Waals surface area contributed by atoms with Crippen LogP contribution < -0.4 is 11.3 Å². The lowest BCUT2D eigenvalue weighted by atomic mass is 9.94. The Hall–Kier alpha value is -1.71. The molecule has 0 radical (unpaired) electrons. The molecule has 2 aromatic carbocycles. The number of nitrogens with one attached hydrogen (secondary N) is 1. The highest BCUT2D eigenvalue weighted by Crippen LogP contribution is 2.26. The Kier molecular flexibility index (Phi) is 5.48. The highest BCUT2D eigenvalue weighted by molar-refractivity contribution is 5.34. The van der Waals surface area contributed by atoms with Crippen LogP contribution in [-0.2, 0) is 6.42 Å². The van der Waals surface area contributed by atoms with E-state index in [1.54, 1.807) is 6.07 Å². The molecule has 0 aliphatic carbocycles. The van der Waals surface area contributed by atoms with Crippen LogP contribution in [0.3, 0.4) is 0 Å². The van der Waals surface area contributed by atoms with Gasteiger partial charge in [0.25, 0.3) is 0 Å². The summed E-state index contributed by atoms with van der Waals surface area (Å²) in [6.45, 7) is 3.84. The maximum absolute atomic E-state index is 14.2. The van der Waals surface area contributed by atoms with Gasteiger partial charge in [-0.1, -0.05) is 36.4 Å². The van der Waals surface area contributed by atoms with Crippen molar-refractivity contribution >= 4 is 0 Å². The number of hydrogen-bond acceptors (Lipinski definition) is 2. The minimum Gasteiger partial charge on any atom is -0.271 e. The van der Waals surface area contributed by atoms with Crippen molar-refractivity contribution in [3.63, 3.8) is 0 Å². The van der Waals surface area contributed by atoms with Gasteiger partial charge in [-0.2, -0.15) is 0 Å². The zero-order valence-electron chi connectivity index (χ0n) is 12.7. The molecular weight excluding hydrogens is 263 g/mol. The first-order valence-electron chi connectivity index (χ1n) is 7.38. The molecule has 0 heterocycles. The molecule has 0 bridgehead atoms. The Bertz CT molecular complexity index is 558. The summed E-state index contributed by atoms with van der Waals surface area (Å²) in [7, 11) is 0. The summed E-state index contributed by atoms with van der Waals surface area (Å²) in [5, 5.41) is 0. The van der Waals surface area contributed by atoms with Crippen LogP contribution in [0.4, 0.5) is 4.39 Å². The largest absolute Gasteiger partial charge is 0.271 e. The van der Waals surface area contributed by atoms with Crippen LogP contribution in [0.5, 0.6) is 0 Å². The van der Waals surface area contributed by atoms with Gasteiger partial charge >= 0.3 is 0 Å². The number of nitrogens with two attached hydrogens (primary N) is 1. The van der Waals surface area contributed by atoms with Gasteiger partial charge in [-0.15, -0.1) is 0 Å². The van der Waals surface area contributed by atoms with Gasteiger partial charge in [0.1, 0.15) is 5.82 Å². The molecule has 0 aromatic heterocycles. The van der Waals surface area contributed by atoms with Crippen molar-refractivity contribution in [3.05, 3.63) is 70.5 Å². The fraction of sp³-hybridized carbons (Fsp3) is 0.333. The second-order valence-corrected chi connectivity index (χ2v) is 5.57. The van der Waals surface area contributed by atoms with Gasteiger partial charge in [0, 0.05) is 11.6 Å². The minimum atomic E-state index is -0.171. The number of hydrazine groups is 1. The number of benzene rings is 2. The topological polar surface area (TPSA) is 38.0 Å². The monoisotopic (exact) mass is 286 g/mol. The van der Waals surface area contributed by atoms with Gasteiger partial charge in [0.2, 0.25) is 0 Å². The average Bonchev–Trinajstić information content (AvgIpc) is 2.45. The fourth-order valence-electron chi connectivity index (χ4n) is 2.83. The predicted molar refractivity (Wildman–Crippen MR) is 85.3 cm³/mol. The van der Waals surface area contributed by atoms with Crippen molar-refractivity contribution in [3.8, 4) is 0 Å². The van der Waals surface area contributed by atoms with Gasteiger partial charge in [0.05, 0.1) is 0 Å². The fourth-order valence-corrected chi connectivity index (χ4v) is 2.83. The smallest absolute Gasteiger partial charge is 0.128 e. The Morgan fingerprint density at radius 3 is 2.48 bits per heavy atom. The van der Waals surface area contributed by atoms with Gasteiger partial charge in [-0.3, -0.25) is 11.3 Å². The molecule has 3 N–H and O–H groups in total. The highest BCUT2D eigenvalue weighted by atomic mass is 19.1. The van der Waals surface area contributed by atoms with E-state index in [1.807, 2.05) is 38.1 Å². The minimum absolute atomic E-state index is 0.144. The van der Waals surface area contributed by atoms with Crippen LogP contribution in [0, 0.1) is 19.7 Å². The molecule has 2 rings (SSSR count). The second-order valence-electron chi connectivity index (χ2n) is 5.57. The SMILES string of the molecule is Cc1cc(C)c(C(CCCc2ccccc2)NN)c(F)c1. The third-order valence-corrected chi connectivity index (χ3v) is 3.83. The summed E-state index contributed by atoms with van der Waals surface area (Å²) >= 11 is 0. The van der Waals surface area contributed by atoms with Crippen molar-refractivity contribution in [1.82, 2.24) is 5.43 Å². The van der Waals surface area contributed by atoms with Crippen molar-refractivity contribution in [2.45, 2.75) is 39.2 Å². The van der Waals surface area contributed by atoms with E-state index in [9.17, 15) is 4.39 Å². The maximum Gasteiger partial charge on any atom is 0.128 e. The molecule has 0 saturated carbocycles. The first-order valence-corrected chi connectivity index (χ1v) is 7.38. The lowest BCUT2D eigenvalue weighted by molar-refractivity contribution is 0.470. The van der Waals surface area contributed by atoms with E-state index < -0.39 is 0 Å². The maximum atomic E-state index is 14.2. The molecular formula is C18H23FN2. The third kappa shape index (κ3) is 4.13. The van der Waals surface area contributed by atoms with Gasteiger partial charge in [-0.25, -0.2) is 4.39 Å². The van der Waals surface area contributed by atoms with Gasteiger partial charge in [0.15, 0.2) is 0 Å². The molecule has 112 valence electrons. The van der Waals surface area contributed by atoms with E-state index in [0.717, 1.165) is 30.4 Å². The number of halogens is 1. The Balaban J connectivity index is 2.03. The summed E-state index contributed by atoms with van der Waals surface area (Å²) in [4.78, 5) is 0. The van der Waals surface area contributed by atoms with Crippen LogP contribution in [0.2, 0.25) is 0 Å². The molecule has 21 heavy (non-hydrogen) atoms. The van der Waals surface area contributed by atoms with Crippen molar-refractivity contribution in [2.75, 3.05) is 0 Å². The molecule has 1 unspecified atom stereocenters. The van der Waals surface area contributed by atoms with Crippen LogP contribution in [0.15, 0.2) is 42.5 Å². The summed E-state index contributed by atoms with van der Waals surface area (Å²) in [5.74, 6) is 5.47. The number of aryl methyl sites for hydroxylation is 3. The second kappa shape index (κ2) is 7.34. The molecule has 0 spiro atoms. The summed E-state index contributed by atoms with van der Waals surface area (Å²) < 4.78 is 14.2. The Labute approximate surface area is 126 Å². The standard InChI is InChI=1S/C18H23FN2/c1-13-11-14(2)18(16(19)12-13)17(21-20)10-6-9-15-7-4-3-5-8-15/h3-5,7-8,11-12,17,21H,6,9-10,20H2,1-2H3. The zero-order valence-corrected chi connectivity index (χ0v) is 12.7. The van der Waals surface area contributed by atoms with Crippen molar-refractivity contribution in [2.24, 2.45) is 5.84 Å².